The van der Waals surface area contributed by atoms with Gasteiger partial charge in [-0.25, -0.2) is 9.37 Å². The van der Waals surface area contributed by atoms with Crippen molar-refractivity contribution in [2.75, 3.05) is 6.61 Å². The maximum Gasteiger partial charge on any atom is 0.277 e. The molecule has 0 bridgehead atoms. The average molecular weight is 316 g/mol. The van der Waals surface area contributed by atoms with Crippen LogP contribution in [0, 0.1) is 5.82 Å². The van der Waals surface area contributed by atoms with Crippen molar-refractivity contribution in [3.63, 3.8) is 0 Å². The van der Waals surface area contributed by atoms with Gasteiger partial charge in [0.1, 0.15) is 17.2 Å². The predicted octanol–water partition coefficient (Wildman–Crippen LogP) is 2.04. The van der Waals surface area contributed by atoms with Gasteiger partial charge in [-0.15, -0.1) is 0 Å². The topological polar surface area (TPSA) is 83.8 Å². The summed E-state index contributed by atoms with van der Waals surface area (Å²) in [6.07, 6.45) is 0. The number of halogens is 1. The molecule has 1 aromatic carbocycles. The summed E-state index contributed by atoms with van der Waals surface area (Å²) < 4.78 is 14.5. The molecule has 0 saturated heterocycles. The molecule has 23 heavy (non-hydrogen) atoms. The van der Waals surface area contributed by atoms with E-state index in [2.05, 4.69) is 15.1 Å². The van der Waals surface area contributed by atoms with E-state index >= 15 is 0 Å². The van der Waals surface area contributed by atoms with E-state index in [4.69, 9.17) is 5.11 Å². The molecule has 0 spiro atoms. The van der Waals surface area contributed by atoms with Crippen LogP contribution in [0.15, 0.2) is 29.1 Å². The number of nitrogens with zero attached hydrogens (tertiary/aromatic N) is 3. The lowest BCUT2D eigenvalue weighted by molar-refractivity contribution is 0.271. The lowest BCUT2D eigenvalue weighted by Gasteiger charge is -2.03. The van der Waals surface area contributed by atoms with Crippen molar-refractivity contribution in [2.24, 2.45) is 0 Å². The molecule has 0 saturated carbocycles. The number of fused-ring (bicyclic) bond motifs is 1. The van der Waals surface area contributed by atoms with E-state index < -0.39 is 0 Å². The van der Waals surface area contributed by atoms with Gasteiger partial charge in [-0.3, -0.25) is 9.48 Å². The standard InChI is InChI=1S/C16H17FN4O2/c1-9(2)12-13-14(21(20-12)7-8-22)16(23)19-15(18-13)10-3-5-11(17)6-4-10/h3-6,9,22H,7-8H2,1-2H3,(H,18,19,23). The second-order valence-corrected chi connectivity index (χ2v) is 5.61. The summed E-state index contributed by atoms with van der Waals surface area (Å²) in [5, 5.41) is 13.5. The molecule has 6 nitrogen and oxygen atoms in total. The third-order valence-corrected chi connectivity index (χ3v) is 3.60. The summed E-state index contributed by atoms with van der Waals surface area (Å²) in [6.45, 7) is 4.04. The molecule has 2 N–H and O–H groups in total. The van der Waals surface area contributed by atoms with Crippen molar-refractivity contribution in [2.45, 2.75) is 26.3 Å². The summed E-state index contributed by atoms with van der Waals surface area (Å²) in [4.78, 5) is 19.7. The van der Waals surface area contributed by atoms with Crippen LogP contribution in [0.2, 0.25) is 0 Å². The summed E-state index contributed by atoms with van der Waals surface area (Å²) in [5.74, 6) is 0.0940. The smallest absolute Gasteiger partial charge is 0.277 e. The van der Waals surface area contributed by atoms with Gasteiger partial charge in [0.15, 0.2) is 5.52 Å². The fraction of sp³-hybridized carbons (Fsp3) is 0.312. The van der Waals surface area contributed by atoms with Crippen LogP contribution in [-0.4, -0.2) is 31.5 Å². The van der Waals surface area contributed by atoms with Gasteiger partial charge in [0.25, 0.3) is 5.56 Å². The minimum atomic E-state index is -0.351. The Labute approximate surface area is 131 Å². The lowest BCUT2D eigenvalue weighted by Crippen LogP contribution is -2.15. The Kier molecular flexibility index (Phi) is 3.96. The van der Waals surface area contributed by atoms with Crippen molar-refractivity contribution >= 4 is 11.0 Å². The van der Waals surface area contributed by atoms with Crippen molar-refractivity contribution < 1.29 is 9.50 Å². The van der Waals surface area contributed by atoms with Gasteiger partial charge in [-0.1, -0.05) is 13.8 Å². The largest absolute Gasteiger partial charge is 0.394 e. The molecule has 2 aromatic heterocycles. The molecule has 3 rings (SSSR count). The minimum Gasteiger partial charge on any atom is -0.394 e. The molecular weight excluding hydrogens is 299 g/mol. The average Bonchev–Trinajstić information content (AvgIpc) is 2.88. The van der Waals surface area contributed by atoms with Gasteiger partial charge >= 0.3 is 0 Å². The number of benzene rings is 1. The summed E-state index contributed by atoms with van der Waals surface area (Å²) in [6, 6.07) is 5.76. The van der Waals surface area contributed by atoms with E-state index in [9.17, 15) is 9.18 Å². The number of aliphatic hydroxyl groups is 1. The molecule has 7 heteroatoms. The van der Waals surface area contributed by atoms with Crippen molar-refractivity contribution in [1.82, 2.24) is 19.7 Å². The molecule has 0 fully saturated rings. The fourth-order valence-corrected chi connectivity index (χ4v) is 2.50. The monoisotopic (exact) mass is 316 g/mol. The zero-order chi connectivity index (χ0) is 16.6. The van der Waals surface area contributed by atoms with Crippen LogP contribution in [0.25, 0.3) is 22.4 Å². The Balaban J connectivity index is 2.26. The van der Waals surface area contributed by atoms with Crippen LogP contribution in [-0.2, 0) is 6.54 Å². The first kappa shape index (κ1) is 15.4. The van der Waals surface area contributed by atoms with Gasteiger partial charge in [0.05, 0.1) is 18.8 Å². The molecule has 0 radical (unpaired) electrons. The lowest BCUT2D eigenvalue weighted by atomic mass is 10.1. The number of aromatic nitrogens is 4. The molecule has 0 unspecified atom stereocenters. The van der Waals surface area contributed by atoms with Gasteiger partial charge in [-0.2, -0.15) is 5.10 Å². The number of hydrogen-bond acceptors (Lipinski definition) is 4. The number of aromatic amines is 1. The van der Waals surface area contributed by atoms with E-state index in [1.54, 1.807) is 12.1 Å². The Morgan fingerprint density at radius 2 is 2.00 bits per heavy atom. The van der Waals surface area contributed by atoms with Crippen LogP contribution in [0.5, 0.6) is 0 Å². The van der Waals surface area contributed by atoms with Crippen molar-refractivity contribution in [3.05, 3.63) is 46.1 Å². The maximum absolute atomic E-state index is 13.1. The molecule has 120 valence electrons. The molecule has 0 aliphatic carbocycles. The highest BCUT2D eigenvalue weighted by Crippen LogP contribution is 2.23. The number of nitrogens with one attached hydrogen (secondary N) is 1. The van der Waals surface area contributed by atoms with Gasteiger partial charge in [0, 0.05) is 5.56 Å². The van der Waals surface area contributed by atoms with Crippen LogP contribution >= 0.6 is 0 Å². The highest BCUT2D eigenvalue weighted by atomic mass is 19.1. The van der Waals surface area contributed by atoms with Crippen molar-refractivity contribution in [1.29, 1.82) is 0 Å². The summed E-state index contributed by atoms with van der Waals surface area (Å²) >= 11 is 0. The molecular formula is C16H17FN4O2. The number of H-pyrrole nitrogens is 1. The number of rotatable bonds is 4. The maximum atomic E-state index is 13.1. The first-order chi connectivity index (χ1) is 11.0. The third kappa shape index (κ3) is 2.75. The predicted molar refractivity (Wildman–Crippen MR) is 84.7 cm³/mol. The Morgan fingerprint density at radius 3 is 2.61 bits per heavy atom. The van der Waals surface area contributed by atoms with E-state index in [0.29, 0.717) is 28.1 Å². The fourth-order valence-electron chi connectivity index (χ4n) is 2.50. The third-order valence-electron chi connectivity index (χ3n) is 3.60. The second-order valence-electron chi connectivity index (χ2n) is 5.61. The molecule has 2 heterocycles. The Bertz CT molecular complexity index is 897. The van der Waals surface area contributed by atoms with E-state index in [1.165, 1.54) is 16.8 Å². The second kappa shape index (κ2) is 5.92. The Hall–Kier alpha value is -2.54. The Morgan fingerprint density at radius 1 is 1.30 bits per heavy atom. The minimum absolute atomic E-state index is 0.0767. The summed E-state index contributed by atoms with van der Waals surface area (Å²) in [7, 11) is 0. The van der Waals surface area contributed by atoms with E-state index in [1.807, 2.05) is 13.8 Å². The zero-order valence-electron chi connectivity index (χ0n) is 12.9. The molecule has 0 aliphatic rings. The highest BCUT2D eigenvalue weighted by Gasteiger charge is 2.19. The molecule has 0 amide bonds. The number of aliphatic hydroxyl groups excluding tert-OH is 1. The van der Waals surface area contributed by atoms with Crippen LogP contribution in [0.4, 0.5) is 4.39 Å². The summed E-state index contributed by atoms with van der Waals surface area (Å²) in [5.41, 5.74) is 1.84. The first-order valence-corrected chi connectivity index (χ1v) is 7.38. The first-order valence-electron chi connectivity index (χ1n) is 7.38. The van der Waals surface area contributed by atoms with Gasteiger partial charge < -0.3 is 10.1 Å². The van der Waals surface area contributed by atoms with Crippen molar-refractivity contribution in [3.8, 4) is 11.4 Å². The van der Waals surface area contributed by atoms with Gasteiger partial charge in [-0.05, 0) is 30.2 Å². The van der Waals surface area contributed by atoms with Gasteiger partial charge in [0.2, 0.25) is 0 Å². The quantitative estimate of drug-likeness (QED) is 0.771. The molecule has 3 aromatic rings. The highest BCUT2D eigenvalue weighted by molar-refractivity contribution is 5.79. The SMILES string of the molecule is CC(C)c1nn(CCO)c2c(=O)[nH]c(-c3ccc(F)cc3)nc12. The van der Waals surface area contributed by atoms with Crippen LogP contribution < -0.4 is 5.56 Å². The van der Waals surface area contributed by atoms with E-state index in [0.717, 1.165) is 0 Å². The van der Waals surface area contributed by atoms with Crippen LogP contribution in [0.3, 0.4) is 0 Å². The normalized spacial score (nSPS) is 11.5. The molecule has 0 atom stereocenters. The zero-order valence-corrected chi connectivity index (χ0v) is 12.9. The van der Waals surface area contributed by atoms with E-state index in [-0.39, 0.29) is 30.4 Å². The van der Waals surface area contributed by atoms with Crippen LogP contribution in [0.1, 0.15) is 25.5 Å². The molecule has 0 aliphatic heterocycles. The number of hydrogen-bond donors (Lipinski definition) is 2.